The van der Waals surface area contributed by atoms with Crippen molar-refractivity contribution in [2.75, 3.05) is 7.11 Å². The molecule has 0 fully saturated rings. The molecule has 134 valence electrons. The van der Waals surface area contributed by atoms with Crippen LogP contribution >= 0.6 is 15.9 Å². The third kappa shape index (κ3) is 3.72. The van der Waals surface area contributed by atoms with Gasteiger partial charge in [-0.3, -0.25) is 4.79 Å². The van der Waals surface area contributed by atoms with E-state index in [1.165, 1.54) is 19.2 Å². The second-order valence-corrected chi connectivity index (χ2v) is 6.69. The number of benzene rings is 2. The van der Waals surface area contributed by atoms with Gasteiger partial charge in [0.05, 0.1) is 12.7 Å². The minimum atomic E-state index is -0.884. The van der Waals surface area contributed by atoms with Gasteiger partial charge in [0.1, 0.15) is 11.8 Å². The molecule has 26 heavy (non-hydrogen) atoms. The Morgan fingerprint density at radius 3 is 2.81 bits per heavy atom. The molecular weight excluding hydrogens is 400 g/mol. The summed E-state index contributed by atoms with van der Waals surface area (Å²) in [6, 6.07) is 11.3. The maximum absolute atomic E-state index is 12.5. The number of phenolic OH excluding ortho intramolecular Hbond substituents is 1. The Hall–Kier alpha value is -2.80. The summed E-state index contributed by atoms with van der Waals surface area (Å²) in [5, 5.41) is 13.5. The van der Waals surface area contributed by atoms with Crippen molar-refractivity contribution in [2.24, 2.45) is 0 Å². The molecule has 6 nitrogen and oxygen atoms in total. The number of hydrogen-bond acceptors (Lipinski definition) is 4. The van der Waals surface area contributed by atoms with E-state index in [2.05, 4.69) is 26.2 Å². The highest BCUT2D eigenvalue weighted by atomic mass is 79.9. The van der Waals surface area contributed by atoms with Crippen molar-refractivity contribution in [2.45, 2.75) is 12.5 Å². The molecule has 0 saturated heterocycles. The zero-order valence-corrected chi connectivity index (χ0v) is 15.5. The highest BCUT2D eigenvalue weighted by Crippen LogP contribution is 2.23. The number of nitrogens with one attached hydrogen (secondary N) is 2. The lowest BCUT2D eigenvalue weighted by Crippen LogP contribution is -2.43. The third-order valence-electron chi connectivity index (χ3n) is 4.09. The number of rotatable bonds is 5. The summed E-state index contributed by atoms with van der Waals surface area (Å²) < 4.78 is 5.47. The Bertz CT molecular complexity index is 967. The van der Waals surface area contributed by atoms with Gasteiger partial charge in [-0.2, -0.15) is 0 Å². The van der Waals surface area contributed by atoms with Gasteiger partial charge in [-0.05, 0) is 29.8 Å². The van der Waals surface area contributed by atoms with Crippen LogP contribution in [0.25, 0.3) is 10.9 Å². The van der Waals surface area contributed by atoms with E-state index in [0.29, 0.717) is 4.47 Å². The molecule has 1 amide bonds. The number of halogens is 1. The van der Waals surface area contributed by atoms with Crippen LogP contribution in [0.2, 0.25) is 0 Å². The lowest BCUT2D eigenvalue weighted by atomic mass is 10.0. The van der Waals surface area contributed by atoms with E-state index in [-0.39, 0.29) is 17.7 Å². The highest BCUT2D eigenvalue weighted by Gasteiger charge is 2.25. The Balaban J connectivity index is 1.85. The van der Waals surface area contributed by atoms with Crippen LogP contribution in [0.3, 0.4) is 0 Å². The molecule has 0 aliphatic rings. The normalized spacial score (nSPS) is 11.9. The fourth-order valence-electron chi connectivity index (χ4n) is 2.78. The zero-order valence-electron chi connectivity index (χ0n) is 14.0. The predicted molar refractivity (Wildman–Crippen MR) is 101 cm³/mol. The molecule has 0 unspecified atom stereocenters. The van der Waals surface area contributed by atoms with Gasteiger partial charge < -0.3 is 20.1 Å². The van der Waals surface area contributed by atoms with E-state index in [1.807, 2.05) is 30.5 Å². The number of carbonyl (C=O) groups excluding carboxylic acids is 2. The van der Waals surface area contributed by atoms with Crippen LogP contribution in [0, 0.1) is 0 Å². The lowest BCUT2D eigenvalue weighted by Gasteiger charge is -2.17. The van der Waals surface area contributed by atoms with Gasteiger partial charge in [0.15, 0.2) is 0 Å². The van der Waals surface area contributed by atoms with E-state index >= 15 is 0 Å². The summed E-state index contributed by atoms with van der Waals surface area (Å²) in [6.07, 6.45) is 2.07. The second kappa shape index (κ2) is 7.61. The van der Waals surface area contributed by atoms with Crippen LogP contribution in [-0.2, 0) is 16.0 Å². The molecule has 0 spiro atoms. The van der Waals surface area contributed by atoms with Gasteiger partial charge in [-0.25, -0.2) is 4.79 Å². The molecule has 1 aromatic heterocycles. The Labute approximate surface area is 158 Å². The third-order valence-corrected chi connectivity index (χ3v) is 4.59. The van der Waals surface area contributed by atoms with Crippen LogP contribution in [0.15, 0.2) is 53.1 Å². The topological polar surface area (TPSA) is 91.4 Å². The van der Waals surface area contributed by atoms with Crippen molar-refractivity contribution in [1.82, 2.24) is 10.3 Å². The molecule has 3 rings (SSSR count). The summed E-state index contributed by atoms with van der Waals surface area (Å²) >= 11 is 3.26. The van der Waals surface area contributed by atoms with Crippen molar-refractivity contribution < 1.29 is 19.4 Å². The molecule has 1 heterocycles. The number of carbonyl (C=O) groups is 2. The molecule has 0 saturated carbocycles. The Morgan fingerprint density at radius 2 is 2.04 bits per heavy atom. The number of amides is 1. The van der Waals surface area contributed by atoms with Gasteiger partial charge in [0, 0.05) is 28.0 Å². The molecule has 0 bridgehead atoms. The number of H-pyrrole nitrogens is 1. The number of aromatic hydroxyl groups is 1. The van der Waals surface area contributed by atoms with Crippen LogP contribution in [0.5, 0.6) is 5.75 Å². The standard InChI is InChI=1S/C19H17BrN2O4/c1-26-19(25)16(8-11-10-21-15-5-3-2-4-13(11)15)22-18(24)14-9-12(20)6-7-17(14)23/h2-7,9-10,16,21,23H,8H2,1H3,(H,22,24)/t16-/m0/s1. The monoisotopic (exact) mass is 416 g/mol. The Morgan fingerprint density at radius 1 is 1.27 bits per heavy atom. The number of para-hydroxylation sites is 1. The number of phenols is 1. The SMILES string of the molecule is COC(=O)[C@H](Cc1c[nH]c2ccccc12)NC(=O)c1cc(Br)ccc1O. The first kappa shape index (κ1) is 18.0. The quantitative estimate of drug-likeness (QED) is 0.557. The number of fused-ring (bicyclic) bond motifs is 1. The lowest BCUT2D eigenvalue weighted by molar-refractivity contribution is -0.142. The van der Waals surface area contributed by atoms with Crippen molar-refractivity contribution in [3.05, 3.63) is 64.3 Å². The molecule has 0 radical (unpaired) electrons. The summed E-state index contributed by atoms with van der Waals surface area (Å²) in [5.74, 6) is -1.28. The summed E-state index contributed by atoms with van der Waals surface area (Å²) in [7, 11) is 1.27. The van der Waals surface area contributed by atoms with Crippen molar-refractivity contribution >= 4 is 38.7 Å². The van der Waals surface area contributed by atoms with Crippen molar-refractivity contribution in [3.8, 4) is 5.75 Å². The average molecular weight is 417 g/mol. The van der Waals surface area contributed by atoms with Gasteiger partial charge in [-0.15, -0.1) is 0 Å². The molecule has 0 aliphatic heterocycles. The van der Waals surface area contributed by atoms with Crippen LogP contribution in [0.1, 0.15) is 15.9 Å². The molecule has 7 heteroatoms. The van der Waals surface area contributed by atoms with E-state index in [1.54, 1.807) is 6.07 Å². The highest BCUT2D eigenvalue weighted by molar-refractivity contribution is 9.10. The maximum atomic E-state index is 12.5. The predicted octanol–water partition coefficient (Wildman–Crippen LogP) is 3.15. The van der Waals surface area contributed by atoms with Gasteiger partial charge in [0.25, 0.3) is 5.91 Å². The van der Waals surface area contributed by atoms with Crippen molar-refractivity contribution in [1.29, 1.82) is 0 Å². The van der Waals surface area contributed by atoms with E-state index in [9.17, 15) is 14.7 Å². The molecule has 2 aromatic carbocycles. The van der Waals surface area contributed by atoms with Gasteiger partial charge >= 0.3 is 5.97 Å². The fraction of sp³-hybridized carbons (Fsp3) is 0.158. The minimum Gasteiger partial charge on any atom is -0.507 e. The summed E-state index contributed by atoms with van der Waals surface area (Å²) in [5.41, 5.74) is 1.91. The fourth-order valence-corrected chi connectivity index (χ4v) is 3.14. The van der Waals surface area contributed by atoms with E-state index in [0.717, 1.165) is 16.5 Å². The maximum Gasteiger partial charge on any atom is 0.328 e. The number of hydrogen-bond donors (Lipinski definition) is 3. The largest absolute Gasteiger partial charge is 0.507 e. The smallest absolute Gasteiger partial charge is 0.328 e. The van der Waals surface area contributed by atoms with Crippen LogP contribution in [0.4, 0.5) is 0 Å². The zero-order chi connectivity index (χ0) is 18.7. The first-order valence-corrected chi connectivity index (χ1v) is 8.71. The summed E-state index contributed by atoms with van der Waals surface area (Å²) in [6.45, 7) is 0. The Kier molecular flexibility index (Phi) is 5.27. The average Bonchev–Trinajstić information content (AvgIpc) is 3.05. The molecule has 1 atom stereocenters. The van der Waals surface area contributed by atoms with E-state index < -0.39 is 17.9 Å². The number of aromatic amines is 1. The first-order valence-electron chi connectivity index (χ1n) is 7.92. The second-order valence-electron chi connectivity index (χ2n) is 5.77. The van der Waals surface area contributed by atoms with Gasteiger partial charge in [0.2, 0.25) is 0 Å². The van der Waals surface area contributed by atoms with Crippen molar-refractivity contribution in [3.63, 3.8) is 0 Å². The number of methoxy groups -OCH3 is 1. The van der Waals surface area contributed by atoms with E-state index in [4.69, 9.17) is 4.74 Å². The number of aromatic nitrogens is 1. The molecule has 3 aromatic rings. The molecule has 3 N–H and O–H groups in total. The minimum absolute atomic E-state index is 0.0761. The van der Waals surface area contributed by atoms with Crippen LogP contribution < -0.4 is 5.32 Å². The number of esters is 1. The molecule has 0 aliphatic carbocycles. The van der Waals surface area contributed by atoms with Crippen LogP contribution in [-0.4, -0.2) is 35.1 Å². The van der Waals surface area contributed by atoms with Gasteiger partial charge in [-0.1, -0.05) is 34.1 Å². The summed E-state index contributed by atoms with van der Waals surface area (Å²) in [4.78, 5) is 27.8. The first-order chi connectivity index (χ1) is 12.5. The number of ether oxygens (including phenoxy) is 1. The molecular formula is C19H17BrN2O4.